The monoisotopic (exact) mass is 222 g/mol. The number of aryl methyl sites for hydroxylation is 1. The number of thioether (sulfide) groups is 1. The Hall–Kier alpha value is -0.760. The molecule has 0 aliphatic carbocycles. The summed E-state index contributed by atoms with van der Waals surface area (Å²) in [5, 5.41) is 0.284. The molecule has 0 heterocycles. The van der Waals surface area contributed by atoms with Crippen molar-refractivity contribution < 1.29 is 4.79 Å². The Morgan fingerprint density at radius 3 is 2.33 bits per heavy atom. The third-order valence-electron chi connectivity index (χ3n) is 1.88. The van der Waals surface area contributed by atoms with Crippen LogP contribution in [0.4, 0.5) is 0 Å². The van der Waals surface area contributed by atoms with Crippen LogP contribution in [0.5, 0.6) is 0 Å². The fourth-order valence-corrected chi connectivity index (χ4v) is 2.17. The average molecular weight is 222 g/mol. The maximum Gasteiger partial charge on any atom is 0.189 e. The van der Waals surface area contributed by atoms with Crippen LogP contribution in [0.15, 0.2) is 30.3 Å². The molecule has 15 heavy (non-hydrogen) atoms. The van der Waals surface area contributed by atoms with E-state index in [9.17, 15) is 4.79 Å². The molecule has 1 aromatic rings. The summed E-state index contributed by atoms with van der Waals surface area (Å²) >= 11 is 1.44. The summed E-state index contributed by atoms with van der Waals surface area (Å²) in [4.78, 5) is 11.6. The molecule has 82 valence electrons. The molecule has 1 nitrogen and oxygen atoms in total. The van der Waals surface area contributed by atoms with E-state index in [1.165, 1.54) is 17.3 Å². The molecule has 0 aliphatic rings. The van der Waals surface area contributed by atoms with Crippen molar-refractivity contribution in [2.24, 2.45) is 0 Å². The van der Waals surface area contributed by atoms with Crippen molar-refractivity contribution in [3.05, 3.63) is 35.9 Å². The van der Waals surface area contributed by atoms with Gasteiger partial charge in [0, 0.05) is 11.2 Å². The molecule has 0 radical (unpaired) electrons. The van der Waals surface area contributed by atoms with Gasteiger partial charge < -0.3 is 0 Å². The van der Waals surface area contributed by atoms with Crippen molar-refractivity contribution in [3.63, 3.8) is 0 Å². The Morgan fingerprint density at radius 1 is 1.20 bits per heavy atom. The minimum Gasteiger partial charge on any atom is -0.287 e. The fraction of sp³-hybridized carbons (Fsp3) is 0.462. The molecule has 0 amide bonds. The van der Waals surface area contributed by atoms with Crippen LogP contribution in [0.1, 0.15) is 32.8 Å². The van der Waals surface area contributed by atoms with E-state index in [4.69, 9.17) is 0 Å². The highest BCUT2D eigenvalue weighted by molar-refractivity contribution is 8.14. The molecular formula is C13H18OS. The number of hydrogen-bond acceptors (Lipinski definition) is 2. The van der Waals surface area contributed by atoms with Crippen LogP contribution >= 0.6 is 11.8 Å². The zero-order chi connectivity index (χ0) is 11.3. The predicted molar refractivity (Wildman–Crippen MR) is 67.1 cm³/mol. The number of carbonyl (C=O) groups excluding carboxylic acids is 1. The van der Waals surface area contributed by atoms with Crippen LogP contribution in [-0.4, -0.2) is 9.86 Å². The van der Waals surface area contributed by atoms with Gasteiger partial charge in [0.05, 0.1) is 0 Å². The molecule has 2 heteroatoms. The Kier molecular flexibility index (Phi) is 4.40. The van der Waals surface area contributed by atoms with E-state index in [-0.39, 0.29) is 9.86 Å². The molecule has 0 spiro atoms. The summed E-state index contributed by atoms with van der Waals surface area (Å²) in [5.74, 6) is 0. The van der Waals surface area contributed by atoms with Crippen molar-refractivity contribution in [1.82, 2.24) is 0 Å². The third-order valence-corrected chi connectivity index (χ3v) is 2.92. The largest absolute Gasteiger partial charge is 0.287 e. The predicted octanol–water partition coefficient (Wildman–Crippen LogP) is 3.68. The van der Waals surface area contributed by atoms with Crippen LogP contribution in [0.3, 0.4) is 0 Å². The second-order valence-electron chi connectivity index (χ2n) is 4.57. The van der Waals surface area contributed by atoms with Crippen molar-refractivity contribution >= 4 is 16.9 Å². The number of hydrogen-bond donors (Lipinski definition) is 0. The first-order valence-corrected chi connectivity index (χ1v) is 6.05. The lowest BCUT2D eigenvalue weighted by molar-refractivity contribution is -0.111. The van der Waals surface area contributed by atoms with Gasteiger partial charge in [-0.2, -0.15) is 0 Å². The van der Waals surface area contributed by atoms with E-state index in [1.807, 2.05) is 18.2 Å². The van der Waals surface area contributed by atoms with Crippen molar-refractivity contribution in [2.45, 2.75) is 38.4 Å². The van der Waals surface area contributed by atoms with E-state index in [0.29, 0.717) is 6.42 Å². The molecule has 0 fully saturated rings. The smallest absolute Gasteiger partial charge is 0.189 e. The molecule has 1 aromatic carbocycles. The number of benzene rings is 1. The summed E-state index contributed by atoms with van der Waals surface area (Å²) in [5.41, 5.74) is 1.24. The molecule has 0 aliphatic heterocycles. The highest BCUT2D eigenvalue weighted by atomic mass is 32.2. The van der Waals surface area contributed by atoms with Gasteiger partial charge in [-0.3, -0.25) is 4.79 Å². The van der Waals surface area contributed by atoms with Crippen molar-refractivity contribution in [1.29, 1.82) is 0 Å². The molecule has 0 bridgehead atoms. The molecule has 0 unspecified atom stereocenters. The first kappa shape index (κ1) is 12.3. The Bertz CT molecular complexity index is 311. The van der Waals surface area contributed by atoms with Gasteiger partial charge in [-0.25, -0.2) is 0 Å². The molecule has 0 saturated heterocycles. The normalized spacial score (nSPS) is 11.4. The third kappa shape index (κ3) is 5.63. The minimum atomic E-state index is 0.0355. The van der Waals surface area contributed by atoms with Gasteiger partial charge in [0.2, 0.25) is 0 Å². The Labute approximate surface area is 96.3 Å². The fourth-order valence-electron chi connectivity index (χ4n) is 1.28. The first-order valence-electron chi connectivity index (χ1n) is 5.23. The van der Waals surface area contributed by atoms with Gasteiger partial charge in [0.1, 0.15) is 0 Å². The van der Waals surface area contributed by atoms with Crippen LogP contribution in [0, 0.1) is 0 Å². The van der Waals surface area contributed by atoms with Crippen LogP contribution in [-0.2, 0) is 11.2 Å². The van der Waals surface area contributed by atoms with Gasteiger partial charge in [0.15, 0.2) is 5.12 Å². The SMILES string of the molecule is CC(C)(C)SC(=O)CCc1ccccc1. The molecule has 0 N–H and O–H groups in total. The van der Waals surface area contributed by atoms with E-state index in [0.717, 1.165) is 6.42 Å². The topological polar surface area (TPSA) is 17.1 Å². The lowest BCUT2D eigenvalue weighted by atomic mass is 10.1. The van der Waals surface area contributed by atoms with Crippen molar-refractivity contribution in [2.75, 3.05) is 0 Å². The average Bonchev–Trinajstić information content (AvgIpc) is 2.14. The highest BCUT2D eigenvalue weighted by Gasteiger charge is 2.16. The standard InChI is InChI=1S/C13H18OS/c1-13(2,3)15-12(14)10-9-11-7-5-4-6-8-11/h4-8H,9-10H2,1-3H3. The Balaban J connectivity index is 2.35. The summed E-state index contributed by atoms with van der Waals surface area (Å²) in [6.07, 6.45) is 1.48. The maximum absolute atomic E-state index is 11.6. The quantitative estimate of drug-likeness (QED) is 0.776. The molecule has 0 aromatic heterocycles. The number of rotatable bonds is 3. The zero-order valence-electron chi connectivity index (χ0n) is 9.62. The van der Waals surface area contributed by atoms with E-state index in [2.05, 4.69) is 32.9 Å². The van der Waals surface area contributed by atoms with Gasteiger partial charge in [0.25, 0.3) is 0 Å². The molecule has 1 rings (SSSR count). The second-order valence-corrected chi connectivity index (χ2v) is 6.46. The van der Waals surface area contributed by atoms with E-state index in [1.54, 1.807) is 0 Å². The Morgan fingerprint density at radius 2 is 1.80 bits per heavy atom. The minimum absolute atomic E-state index is 0.0355. The van der Waals surface area contributed by atoms with Crippen LogP contribution in [0.25, 0.3) is 0 Å². The summed E-state index contributed by atoms with van der Waals surface area (Å²) < 4.78 is 0.0355. The van der Waals surface area contributed by atoms with Crippen LogP contribution < -0.4 is 0 Å². The van der Waals surface area contributed by atoms with Gasteiger partial charge in [-0.05, 0) is 12.0 Å². The van der Waals surface area contributed by atoms with Crippen LogP contribution in [0.2, 0.25) is 0 Å². The lowest BCUT2D eigenvalue weighted by Gasteiger charge is -2.15. The van der Waals surface area contributed by atoms with Gasteiger partial charge >= 0.3 is 0 Å². The van der Waals surface area contributed by atoms with E-state index < -0.39 is 0 Å². The molecule has 0 saturated carbocycles. The summed E-state index contributed by atoms with van der Waals surface area (Å²) in [7, 11) is 0. The van der Waals surface area contributed by atoms with Gasteiger partial charge in [-0.1, -0.05) is 62.9 Å². The maximum atomic E-state index is 11.6. The molecular weight excluding hydrogens is 204 g/mol. The summed E-state index contributed by atoms with van der Waals surface area (Å²) in [6, 6.07) is 10.1. The zero-order valence-corrected chi connectivity index (χ0v) is 10.4. The van der Waals surface area contributed by atoms with Crippen molar-refractivity contribution in [3.8, 4) is 0 Å². The van der Waals surface area contributed by atoms with E-state index >= 15 is 0 Å². The highest BCUT2D eigenvalue weighted by Crippen LogP contribution is 2.25. The molecule has 0 atom stereocenters. The number of carbonyl (C=O) groups is 1. The van der Waals surface area contributed by atoms with Gasteiger partial charge in [-0.15, -0.1) is 0 Å². The first-order chi connectivity index (χ1) is 6.97. The lowest BCUT2D eigenvalue weighted by Crippen LogP contribution is -2.12. The summed E-state index contributed by atoms with van der Waals surface area (Å²) in [6.45, 7) is 6.20. The second kappa shape index (κ2) is 5.36.